The first-order valence-corrected chi connectivity index (χ1v) is 8.46. The molecular weight excluding hydrogens is 365 g/mol. The second kappa shape index (κ2) is 7.95. The number of hydrogen-bond acceptors (Lipinski definition) is 5. The van der Waals surface area contributed by atoms with Gasteiger partial charge in [-0.1, -0.05) is 12.1 Å². The van der Waals surface area contributed by atoms with Crippen LogP contribution in [0.1, 0.15) is 30.7 Å². The molecule has 3 rings (SSSR count). The SMILES string of the molecule is O=C(CCc1ncn[nH]1)NC1(c2cccc(OC(F)(F)F)c2)CCOCC1. The van der Waals surface area contributed by atoms with E-state index in [9.17, 15) is 18.0 Å². The van der Waals surface area contributed by atoms with Gasteiger partial charge in [-0.2, -0.15) is 5.10 Å². The number of H-pyrrole nitrogens is 1. The molecule has 2 N–H and O–H groups in total. The fraction of sp³-hybridized carbons (Fsp3) is 0.471. The highest BCUT2D eigenvalue weighted by molar-refractivity contribution is 5.77. The first-order valence-electron chi connectivity index (χ1n) is 8.46. The summed E-state index contributed by atoms with van der Waals surface area (Å²) in [6, 6.07) is 5.71. The quantitative estimate of drug-likeness (QED) is 0.799. The van der Waals surface area contributed by atoms with E-state index >= 15 is 0 Å². The normalized spacial score (nSPS) is 16.7. The lowest BCUT2D eigenvalue weighted by atomic mass is 9.82. The molecule has 1 saturated heterocycles. The molecule has 1 aliphatic rings. The summed E-state index contributed by atoms with van der Waals surface area (Å²) in [7, 11) is 0. The molecule has 1 aromatic heterocycles. The maximum atomic E-state index is 12.5. The monoisotopic (exact) mass is 384 g/mol. The molecule has 146 valence electrons. The highest BCUT2D eigenvalue weighted by Gasteiger charge is 2.37. The summed E-state index contributed by atoms with van der Waals surface area (Å²) < 4.78 is 47.0. The molecule has 1 amide bonds. The van der Waals surface area contributed by atoms with Crippen molar-refractivity contribution >= 4 is 5.91 Å². The summed E-state index contributed by atoms with van der Waals surface area (Å²) >= 11 is 0. The molecular formula is C17H19F3N4O3. The van der Waals surface area contributed by atoms with Crippen molar-refractivity contribution in [2.75, 3.05) is 13.2 Å². The zero-order chi connectivity index (χ0) is 19.3. The minimum Gasteiger partial charge on any atom is -0.406 e. The number of nitrogens with one attached hydrogen (secondary N) is 2. The van der Waals surface area contributed by atoms with Gasteiger partial charge in [-0.25, -0.2) is 4.98 Å². The number of ether oxygens (including phenoxy) is 2. The Morgan fingerprint density at radius 2 is 2.11 bits per heavy atom. The minimum atomic E-state index is -4.78. The van der Waals surface area contributed by atoms with E-state index in [4.69, 9.17) is 4.74 Å². The fourth-order valence-corrected chi connectivity index (χ4v) is 3.11. The molecule has 0 saturated carbocycles. The van der Waals surface area contributed by atoms with Gasteiger partial charge in [0, 0.05) is 26.1 Å². The van der Waals surface area contributed by atoms with Crippen LogP contribution >= 0.6 is 0 Å². The van der Waals surface area contributed by atoms with Crippen LogP contribution in [-0.4, -0.2) is 40.7 Å². The van der Waals surface area contributed by atoms with Crippen molar-refractivity contribution in [3.8, 4) is 5.75 Å². The Kier molecular flexibility index (Phi) is 5.64. The fourth-order valence-electron chi connectivity index (χ4n) is 3.11. The molecule has 2 heterocycles. The number of amides is 1. The van der Waals surface area contributed by atoms with Gasteiger partial charge < -0.3 is 14.8 Å². The summed E-state index contributed by atoms with van der Waals surface area (Å²) in [5.41, 5.74) is -0.248. The number of aromatic amines is 1. The molecule has 7 nitrogen and oxygen atoms in total. The van der Waals surface area contributed by atoms with Gasteiger partial charge in [-0.15, -0.1) is 13.2 Å². The molecule has 0 atom stereocenters. The van der Waals surface area contributed by atoms with Crippen molar-refractivity contribution < 1.29 is 27.4 Å². The summed E-state index contributed by atoms with van der Waals surface area (Å²) in [6.45, 7) is 0.791. The van der Waals surface area contributed by atoms with Gasteiger partial charge in [0.15, 0.2) is 0 Å². The number of carbonyl (C=O) groups excluding carboxylic acids is 1. The molecule has 27 heavy (non-hydrogen) atoms. The zero-order valence-electron chi connectivity index (χ0n) is 14.4. The lowest BCUT2D eigenvalue weighted by Crippen LogP contribution is -2.49. The van der Waals surface area contributed by atoms with Crippen LogP contribution in [0.3, 0.4) is 0 Å². The predicted octanol–water partition coefficient (Wildman–Crippen LogP) is 2.46. The Hall–Kier alpha value is -2.62. The third-order valence-corrected chi connectivity index (χ3v) is 4.40. The number of halogens is 3. The lowest BCUT2D eigenvalue weighted by molar-refractivity contribution is -0.274. The zero-order valence-corrected chi connectivity index (χ0v) is 14.4. The van der Waals surface area contributed by atoms with Crippen LogP contribution in [0.15, 0.2) is 30.6 Å². The molecule has 1 fully saturated rings. The summed E-state index contributed by atoms with van der Waals surface area (Å²) in [6.07, 6.45) is -1.94. The smallest absolute Gasteiger partial charge is 0.406 e. The van der Waals surface area contributed by atoms with E-state index in [0.717, 1.165) is 0 Å². The Morgan fingerprint density at radius 3 is 2.78 bits per heavy atom. The third kappa shape index (κ3) is 5.19. The molecule has 1 aliphatic heterocycles. The van der Waals surface area contributed by atoms with Crippen molar-refractivity contribution in [1.82, 2.24) is 20.5 Å². The van der Waals surface area contributed by atoms with Gasteiger partial charge in [0.1, 0.15) is 17.9 Å². The van der Waals surface area contributed by atoms with Gasteiger partial charge in [-0.3, -0.25) is 9.89 Å². The molecule has 0 unspecified atom stereocenters. The average molecular weight is 384 g/mol. The predicted molar refractivity (Wildman–Crippen MR) is 87.7 cm³/mol. The maximum absolute atomic E-state index is 12.5. The number of alkyl halides is 3. The second-order valence-electron chi connectivity index (χ2n) is 6.25. The van der Waals surface area contributed by atoms with Crippen molar-refractivity contribution in [3.05, 3.63) is 42.0 Å². The Bertz CT molecular complexity index is 759. The van der Waals surface area contributed by atoms with Crippen molar-refractivity contribution in [1.29, 1.82) is 0 Å². The van der Waals surface area contributed by atoms with Gasteiger partial charge in [0.05, 0.1) is 5.54 Å². The van der Waals surface area contributed by atoms with Gasteiger partial charge >= 0.3 is 6.36 Å². The van der Waals surface area contributed by atoms with Crippen LogP contribution < -0.4 is 10.1 Å². The van der Waals surface area contributed by atoms with Crippen molar-refractivity contribution in [2.24, 2.45) is 0 Å². The van der Waals surface area contributed by atoms with E-state index in [1.807, 2.05) is 0 Å². The van der Waals surface area contributed by atoms with Crippen LogP contribution in [0, 0.1) is 0 Å². The van der Waals surface area contributed by atoms with Crippen molar-refractivity contribution in [3.63, 3.8) is 0 Å². The Labute approximate surface area is 153 Å². The molecule has 0 aliphatic carbocycles. The standard InChI is InChI=1S/C17H19F3N4O3/c18-17(19,20)27-13-3-1-2-12(10-13)16(6-8-26-9-7-16)23-15(25)5-4-14-21-11-22-24-14/h1-3,10-11H,4-9H2,(H,23,25)(H,21,22,24). The topological polar surface area (TPSA) is 89.1 Å². The first kappa shape index (κ1) is 19.2. The van der Waals surface area contributed by atoms with E-state index < -0.39 is 11.9 Å². The summed E-state index contributed by atoms with van der Waals surface area (Å²) in [5.74, 6) is 0.0453. The van der Waals surface area contributed by atoms with E-state index in [1.54, 1.807) is 6.07 Å². The van der Waals surface area contributed by atoms with Gasteiger partial charge in [-0.05, 0) is 30.5 Å². The van der Waals surface area contributed by atoms with Crippen LogP contribution in [-0.2, 0) is 21.5 Å². The number of carbonyl (C=O) groups is 1. The summed E-state index contributed by atoms with van der Waals surface area (Å²) in [5, 5.41) is 9.39. The van der Waals surface area contributed by atoms with Gasteiger partial charge in [0.2, 0.25) is 5.91 Å². The number of hydrogen-bond donors (Lipinski definition) is 2. The van der Waals surface area contributed by atoms with Crippen LogP contribution in [0.25, 0.3) is 0 Å². The summed E-state index contributed by atoms with van der Waals surface area (Å²) in [4.78, 5) is 16.4. The molecule has 0 spiro atoms. The van der Waals surface area contributed by atoms with Gasteiger partial charge in [0.25, 0.3) is 0 Å². The number of aryl methyl sites for hydroxylation is 1. The molecule has 0 bridgehead atoms. The third-order valence-electron chi connectivity index (χ3n) is 4.40. The number of benzene rings is 1. The molecule has 0 radical (unpaired) electrons. The first-order chi connectivity index (χ1) is 12.9. The minimum absolute atomic E-state index is 0.177. The molecule has 1 aromatic carbocycles. The van der Waals surface area contributed by atoms with Crippen molar-refractivity contribution in [2.45, 2.75) is 37.6 Å². The van der Waals surface area contributed by atoms with E-state index in [-0.39, 0.29) is 18.1 Å². The number of nitrogens with zero attached hydrogens (tertiary/aromatic N) is 2. The van der Waals surface area contributed by atoms with Crippen LogP contribution in [0.5, 0.6) is 5.75 Å². The Morgan fingerprint density at radius 1 is 1.33 bits per heavy atom. The largest absolute Gasteiger partial charge is 0.573 e. The maximum Gasteiger partial charge on any atom is 0.573 e. The highest BCUT2D eigenvalue weighted by atomic mass is 19.4. The highest BCUT2D eigenvalue weighted by Crippen LogP contribution is 2.35. The van der Waals surface area contributed by atoms with E-state index in [2.05, 4.69) is 25.2 Å². The lowest BCUT2D eigenvalue weighted by Gasteiger charge is -2.38. The number of rotatable bonds is 6. The second-order valence-corrected chi connectivity index (χ2v) is 6.25. The average Bonchev–Trinajstić information content (AvgIpc) is 3.13. The number of aromatic nitrogens is 3. The van der Waals surface area contributed by atoms with Crippen LogP contribution in [0.4, 0.5) is 13.2 Å². The van der Waals surface area contributed by atoms with Crippen LogP contribution in [0.2, 0.25) is 0 Å². The Balaban J connectivity index is 1.76. The molecule has 10 heteroatoms. The van der Waals surface area contributed by atoms with E-state index in [0.29, 0.717) is 43.9 Å². The van der Waals surface area contributed by atoms with E-state index in [1.165, 1.54) is 24.5 Å². The molecule has 2 aromatic rings.